The van der Waals surface area contributed by atoms with E-state index in [1.165, 1.54) is 16.7 Å². The number of benzene rings is 4. The third kappa shape index (κ3) is 2.73. The fourth-order valence-corrected chi connectivity index (χ4v) is 4.94. The molecule has 1 N–H and O–H groups in total. The molecule has 1 nitrogen and oxygen atoms in total. The first kappa shape index (κ1) is 18.2. The lowest BCUT2D eigenvalue weighted by molar-refractivity contribution is 0.739. The van der Waals surface area contributed by atoms with Crippen molar-refractivity contribution in [1.29, 1.82) is 0 Å². The maximum Gasteiger partial charge on any atom is 0.0751 e. The molecule has 0 saturated heterocycles. The van der Waals surface area contributed by atoms with Crippen molar-refractivity contribution < 1.29 is 0 Å². The molecular formula is C26H19NS2. The first-order valence-corrected chi connectivity index (χ1v) is 10.4. The van der Waals surface area contributed by atoms with Crippen LogP contribution in [-0.4, -0.2) is 4.20 Å². The van der Waals surface area contributed by atoms with Gasteiger partial charge >= 0.3 is 0 Å². The minimum Gasteiger partial charge on any atom is -0.355 e. The Hall–Kier alpha value is -2.88. The first-order chi connectivity index (χ1) is 14.2. The smallest absolute Gasteiger partial charge is 0.0751 e. The quantitative estimate of drug-likeness (QED) is 0.253. The van der Waals surface area contributed by atoms with Crippen molar-refractivity contribution >= 4 is 40.4 Å². The summed E-state index contributed by atoms with van der Waals surface area (Å²) in [5.41, 5.74) is 7.42. The molecule has 0 atom stereocenters. The molecule has 4 aromatic carbocycles. The van der Waals surface area contributed by atoms with Crippen LogP contribution in [0.25, 0.3) is 0 Å². The third-order valence-corrected chi connectivity index (χ3v) is 6.14. The fourth-order valence-electron chi connectivity index (χ4n) is 4.58. The summed E-state index contributed by atoms with van der Waals surface area (Å²) in [4.78, 5) is 0. The molecule has 0 amide bonds. The number of thiol groups is 1. The lowest BCUT2D eigenvalue weighted by atomic mass is 9.62. The van der Waals surface area contributed by atoms with Crippen molar-refractivity contribution in [3.63, 3.8) is 0 Å². The van der Waals surface area contributed by atoms with Gasteiger partial charge in [-0.25, -0.2) is 0 Å². The Morgan fingerprint density at radius 2 is 1.21 bits per heavy atom. The van der Waals surface area contributed by atoms with Gasteiger partial charge in [-0.05, 0) is 28.8 Å². The Morgan fingerprint density at radius 3 is 1.83 bits per heavy atom. The van der Waals surface area contributed by atoms with E-state index < -0.39 is 5.41 Å². The van der Waals surface area contributed by atoms with Crippen LogP contribution in [0.4, 0.5) is 11.4 Å². The minimum absolute atomic E-state index is 0.497. The molecule has 1 aliphatic heterocycles. The van der Waals surface area contributed by atoms with Gasteiger partial charge in [-0.15, -0.1) is 12.6 Å². The summed E-state index contributed by atoms with van der Waals surface area (Å²) in [6, 6.07) is 36.1. The fraction of sp³-hybridized carbons (Fsp3) is 0.0385. The Kier molecular flexibility index (Phi) is 4.50. The molecule has 0 saturated carbocycles. The van der Waals surface area contributed by atoms with Gasteiger partial charge < -0.3 is 5.32 Å². The molecule has 0 spiro atoms. The van der Waals surface area contributed by atoms with Crippen LogP contribution in [0, 0.1) is 0 Å². The molecule has 140 valence electrons. The molecule has 5 rings (SSSR count). The number of para-hydroxylation sites is 1. The average molecular weight is 410 g/mol. The number of hydrogen-bond acceptors (Lipinski definition) is 2. The van der Waals surface area contributed by atoms with Crippen LogP contribution < -0.4 is 5.32 Å². The summed E-state index contributed by atoms with van der Waals surface area (Å²) in [5.74, 6) is 0. The Balaban J connectivity index is 2.02. The molecule has 1 heterocycles. The molecule has 1 aliphatic rings. The number of thiocarbonyl (C=S) groups is 1. The molecule has 4 aromatic rings. The SMILES string of the molecule is S=C(S)c1cccc2c1C(c1ccccc1)(c1ccccc1)c1ccccc1N2. The van der Waals surface area contributed by atoms with Gasteiger partial charge in [0.05, 0.1) is 9.61 Å². The van der Waals surface area contributed by atoms with Gasteiger partial charge in [-0.2, -0.15) is 0 Å². The van der Waals surface area contributed by atoms with E-state index in [0.29, 0.717) is 4.20 Å². The summed E-state index contributed by atoms with van der Waals surface area (Å²) in [5, 5.41) is 3.64. The summed E-state index contributed by atoms with van der Waals surface area (Å²) < 4.78 is 0.597. The van der Waals surface area contributed by atoms with Gasteiger partial charge in [0.1, 0.15) is 0 Å². The molecule has 3 heteroatoms. The summed E-state index contributed by atoms with van der Waals surface area (Å²) in [7, 11) is 0. The zero-order valence-corrected chi connectivity index (χ0v) is 17.4. The topological polar surface area (TPSA) is 12.0 Å². The molecule has 0 bridgehead atoms. The van der Waals surface area contributed by atoms with Crippen molar-refractivity contribution in [2.45, 2.75) is 5.41 Å². The Labute approximate surface area is 181 Å². The molecular weight excluding hydrogens is 390 g/mol. The van der Waals surface area contributed by atoms with Crippen LogP contribution in [0.5, 0.6) is 0 Å². The first-order valence-electron chi connectivity index (χ1n) is 9.57. The lowest BCUT2D eigenvalue weighted by Crippen LogP contribution is -2.36. The highest BCUT2D eigenvalue weighted by Gasteiger charge is 2.45. The van der Waals surface area contributed by atoms with E-state index in [0.717, 1.165) is 22.5 Å². The average Bonchev–Trinajstić information content (AvgIpc) is 2.78. The zero-order valence-electron chi connectivity index (χ0n) is 15.7. The van der Waals surface area contributed by atoms with Crippen LogP contribution in [0.15, 0.2) is 103 Å². The Bertz CT molecular complexity index is 1160. The molecule has 0 radical (unpaired) electrons. The van der Waals surface area contributed by atoms with Gasteiger partial charge in [0.2, 0.25) is 0 Å². The van der Waals surface area contributed by atoms with Crippen LogP contribution >= 0.6 is 24.8 Å². The third-order valence-electron chi connectivity index (χ3n) is 5.68. The van der Waals surface area contributed by atoms with Crippen LogP contribution in [-0.2, 0) is 5.41 Å². The summed E-state index contributed by atoms with van der Waals surface area (Å²) in [6.45, 7) is 0. The normalized spacial score (nSPS) is 13.7. The van der Waals surface area contributed by atoms with E-state index in [1.54, 1.807) is 0 Å². The molecule has 0 fully saturated rings. The highest BCUT2D eigenvalue weighted by atomic mass is 32.1. The van der Waals surface area contributed by atoms with Crippen LogP contribution in [0.1, 0.15) is 27.8 Å². The van der Waals surface area contributed by atoms with Crippen LogP contribution in [0.2, 0.25) is 0 Å². The van der Waals surface area contributed by atoms with Gasteiger partial charge in [0.25, 0.3) is 0 Å². The maximum atomic E-state index is 5.59. The second kappa shape index (κ2) is 7.18. The maximum absolute atomic E-state index is 5.59. The second-order valence-corrected chi connectivity index (χ2v) is 8.34. The largest absolute Gasteiger partial charge is 0.355 e. The molecule has 29 heavy (non-hydrogen) atoms. The lowest BCUT2D eigenvalue weighted by Gasteiger charge is -2.43. The Morgan fingerprint density at radius 1 is 0.655 bits per heavy atom. The zero-order chi connectivity index (χ0) is 19.8. The van der Waals surface area contributed by atoms with Crippen LogP contribution in [0.3, 0.4) is 0 Å². The van der Waals surface area contributed by atoms with Crippen molar-refractivity contribution in [2.24, 2.45) is 0 Å². The number of hydrogen-bond donors (Lipinski definition) is 2. The highest BCUT2D eigenvalue weighted by molar-refractivity contribution is 8.11. The van der Waals surface area contributed by atoms with Crippen molar-refractivity contribution in [1.82, 2.24) is 0 Å². The number of nitrogens with one attached hydrogen (secondary N) is 1. The van der Waals surface area contributed by atoms with Crippen molar-refractivity contribution in [3.05, 3.63) is 131 Å². The van der Waals surface area contributed by atoms with Gasteiger partial charge in [-0.1, -0.05) is 103 Å². The monoisotopic (exact) mass is 409 g/mol. The number of anilines is 2. The summed E-state index contributed by atoms with van der Waals surface area (Å²) >= 11 is 10.2. The predicted molar refractivity (Wildman–Crippen MR) is 129 cm³/mol. The van der Waals surface area contributed by atoms with E-state index in [1.807, 2.05) is 6.07 Å². The molecule has 0 unspecified atom stereocenters. The van der Waals surface area contributed by atoms with Gasteiger partial charge in [0, 0.05) is 22.5 Å². The second-order valence-electron chi connectivity index (χ2n) is 7.19. The van der Waals surface area contributed by atoms with E-state index in [-0.39, 0.29) is 0 Å². The minimum atomic E-state index is -0.497. The van der Waals surface area contributed by atoms with E-state index >= 15 is 0 Å². The van der Waals surface area contributed by atoms with Gasteiger partial charge in [0.15, 0.2) is 0 Å². The van der Waals surface area contributed by atoms with Crippen molar-refractivity contribution in [3.8, 4) is 0 Å². The number of fused-ring (bicyclic) bond motifs is 2. The van der Waals surface area contributed by atoms with E-state index in [2.05, 4.69) is 115 Å². The molecule has 0 aliphatic carbocycles. The number of rotatable bonds is 3. The van der Waals surface area contributed by atoms with E-state index in [4.69, 9.17) is 12.2 Å². The molecule has 0 aromatic heterocycles. The highest BCUT2D eigenvalue weighted by Crippen LogP contribution is 2.54. The van der Waals surface area contributed by atoms with E-state index in [9.17, 15) is 0 Å². The van der Waals surface area contributed by atoms with Crippen molar-refractivity contribution in [2.75, 3.05) is 5.32 Å². The summed E-state index contributed by atoms with van der Waals surface area (Å²) in [6.07, 6.45) is 0. The van der Waals surface area contributed by atoms with Gasteiger partial charge in [-0.3, -0.25) is 0 Å². The predicted octanol–water partition coefficient (Wildman–Crippen LogP) is 6.73. The standard InChI is InChI=1S/C26H19NS2/c28-25(29)20-14-9-17-23-24(20)26(18-10-3-1-4-11-18,19-12-5-2-6-13-19)21-15-7-8-16-22(21)27-23/h1-17,27H,(H,28,29).